The van der Waals surface area contributed by atoms with Gasteiger partial charge in [0, 0.05) is 20.7 Å². The Labute approximate surface area is 222 Å². The molecule has 1 heterocycles. The third-order valence-corrected chi connectivity index (χ3v) is 6.26. The van der Waals surface area contributed by atoms with Crippen LogP contribution in [-0.2, 0) is 22.6 Å². The van der Waals surface area contributed by atoms with Gasteiger partial charge in [0.15, 0.2) is 0 Å². The molecule has 4 rings (SSSR count). The van der Waals surface area contributed by atoms with Crippen molar-refractivity contribution in [3.05, 3.63) is 98.6 Å². The Hall–Kier alpha value is -3.62. The second-order valence-electron chi connectivity index (χ2n) is 8.04. The fraction of sp³-hybridized carbons (Fsp3) is 0.148. The second-order valence-corrected chi connectivity index (χ2v) is 9.39. The Morgan fingerprint density at radius 2 is 1.86 bits per heavy atom. The van der Waals surface area contributed by atoms with Crippen LogP contribution in [0.1, 0.15) is 23.6 Å². The van der Waals surface area contributed by atoms with Gasteiger partial charge < -0.3 is 15.4 Å². The largest absolute Gasteiger partial charge is 0.488 e. The second kappa shape index (κ2) is 11.4. The first-order valence-electron chi connectivity index (χ1n) is 11.2. The molecule has 0 aliphatic carbocycles. The summed E-state index contributed by atoms with van der Waals surface area (Å²) in [6.07, 6.45) is 2.27. The van der Waals surface area contributed by atoms with E-state index in [4.69, 9.17) is 16.3 Å². The van der Waals surface area contributed by atoms with Crippen molar-refractivity contribution in [3.63, 3.8) is 0 Å². The molecular weight excluding hydrogens is 546 g/mol. The van der Waals surface area contributed by atoms with Gasteiger partial charge in [-0.1, -0.05) is 64.8 Å². The summed E-state index contributed by atoms with van der Waals surface area (Å²) in [6.45, 7) is 1.87. The van der Waals surface area contributed by atoms with Crippen molar-refractivity contribution in [2.75, 3.05) is 11.9 Å². The fourth-order valence-electron chi connectivity index (χ4n) is 3.66. The number of imide groups is 1. The van der Waals surface area contributed by atoms with E-state index in [1.807, 2.05) is 43.3 Å². The minimum atomic E-state index is -0.663. The number of para-hydroxylation sites is 1. The number of benzene rings is 3. The molecule has 184 valence electrons. The van der Waals surface area contributed by atoms with Crippen LogP contribution in [0.25, 0.3) is 6.08 Å². The Morgan fingerprint density at radius 1 is 1.11 bits per heavy atom. The Balaban J connectivity index is 1.48. The quantitative estimate of drug-likeness (QED) is 0.267. The Kier molecular flexibility index (Phi) is 8.07. The zero-order chi connectivity index (χ0) is 25.7. The molecule has 0 aromatic heterocycles. The smallest absolute Gasteiger partial charge is 0.329 e. The molecule has 1 saturated heterocycles. The number of hydrogen-bond donors (Lipinski definition) is 2. The minimum absolute atomic E-state index is 0.0520. The number of amides is 4. The minimum Gasteiger partial charge on any atom is -0.488 e. The topological polar surface area (TPSA) is 87.7 Å². The van der Waals surface area contributed by atoms with Gasteiger partial charge in [0.1, 0.15) is 24.6 Å². The zero-order valence-electron chi connectivity index (χ0n) is 19.4. The number of nitrogens with one attached hydrogen (secondary N) is 2. The molecule has 0 bridgehead atoms. The number of urea groups is 1. The lowest BCUT2D eigenvalue weighted by Crippen LogP contribution is -2.38. The summed E-state index contributed by atoms with van der Waals surface area (Å²) >= 11 is 9.37. The predicted octanol–water partition coefficient (Wildman–Crippen LogP) is 5.78. The van der Waals surface area contributed by atoms with E-state index >= 15 is 0 Å². The van der Waals surface area contributed by atoms with Gasteiger partial charge in [-0.25, -0.2) is 9.69 Å². The van der Waals surface area contributed by atoms with Gasteiger partial charge in [0.2, 0.25) is 5.91 Å². The highest BCUT2D eigenvalue weighted by Gasteiger charge is 2.35. The first kappa shape index (κ1) is 25.5. The lowest BCUT2D eigenvalue weighted by atomic mass is 10.1. The van der Waals surface area contributed by atoms with Crippen LogP contribution in [0.3, 0.4) is 0 Å². The van der Waals surface area contributed by atoms with Crippen molar-refractivity contribution in [1.29, 1.82) is 0 Å². The molecule has 3 aromatic carbocycles. The molecule has 1 aliphatic rings. The van der Waals surface area contributed by atoms with Crippen LogP contribution < -0.4 is 15.4 Å². The number of hydrogen-bond acceptors (Lipinski definition) is 4. The number of ether oxygens (including phenoxy) is 1. The van der Waals surface area contributed by atoms with E-state index in [0.29, 0.717) is 28.6 Å². The number of nitrogens with zero attached hydrogens (tertiary/aromatic N) is 1. The van der Waals surface area contributed by atoms with E-state index < -0.39 is 24.4 Å². The van der Waals surface area contributed by atoms with Gasteiger partial charge in [0.05, 0.1) is 0 Å². The van der Waals surface area contributed by atoms with E-state index in [2.05, 4.69) is 26.6 Å². The number of halogens is 2. The van der Waals surface area contributed by atoms with Crippen LogP contribution in [0.2, 0.25) is 5.02 Å². The van der Waals surface area contributed by atoms with Crippen LogP contribution in [0, 0.1) is 0 Å². The maximum absolute atomic E-state index is 13.0. The monoisotopic (exact) mass is 567 g/mol. The van der Waals surface area contributed by atoms with Gasteiger partial charge in [-0.15, -0.1) is 0 Å². The predicted molar refractivity (Wildman–Crippen MR) is 143 cm³/mol. The lowest BCUT2D eigenvalue weighted by Gasteiger charge is -2.13. The summed E-state index contributed by atoms with van der Waals surface area (Å²) in [5, 5.41) is 5.97. The molecule has 7 nitrogen and oxygen atoms in total. The van der Waals surface area contributed by atoms with Gasteiger partial charge >= 0.3 is 6.03 Å². The number of rotatable bonds is 8. The van der Waals surface area contributed by atoms with Crippen LogP contribution >= 0.6 is 27.5 Å². The summed E-state index contributed by atoms with van der Waals surface area (Å²) < 4.78 is 6.73. The van der Waals surface area contributed by atoms with Crippen molar-refractivity contribution in [2.45, 2.75) is 20.0 Å². The van der Waals surface area contributed by atoms with E-state index in [-0.39, 0.29) is 5.70 Å². The van der Waals surface area contributed by atoms with Crippen LogP contribution in [0.4, 0.5) is 10.5 Å². The van der Waals surface area contributed by atoms with E-state index in [1.54, 1.807) is 30.3 Å². The van der Waals surface area contributed by atoms with Gasteiger partial charge in [-0.3, -0.25) is 9.59 Å². The van der Waals surface area contributed by atoms with Gasteiger partial charge in [-0.2, -0.15) is 0 Å². The number of anilines is 1. The highest BCUT2D eigenvalue weighted by molar-refractivity contribution is 9.10. The van der Waals surface area contributed by atoms with E-state index in [9.17, 15) is 14.4 Å². The molecule has 4 amide bonds. The number of aryl methyl sites for hydroxylation is 1. The highest BCUT2D eigenvalue weighted by Crippen LogP contribution is 2.27. The molecule has 2 N–H and O–H groups in total. The van der Waals surface area contributed by atoms with E-state index in [0.717, 1.165) is 26.9 Å². The van der Waals surface area contributed by atoms with Crippen molar-refractivity contribution in [1.82, 2.24) is 10.2 Å². The molecule has 0 saturated carbocycles. The first-order chi connectivity index (χ1) is 17.3. The SMILES string of the molecule is CCc1ccccc1NC(=O)CN1C(=O)N/C(=C/c2cc(Br)ccc2OCc2ccc(Cl)cc2)C1=O. The molecule has 0 atom stereocenters. The third-order valence-electron chi connectivity index (χ3n) is 5.52. The Bertz CT molecular complexity index is 1340. The molecule has 0 unspecified atom stereocenters. The van der Waals surface area contributed by atoms with Crippen LogP contribution in [0.15, 0.2) is 76.9 Å². The molecule has 3 aromatic rings. The molecule has 0 radical (unpaired) electrons. The highest BCUT2D eigenvalue weighted by atomic mass is 79.9. The standard InChI is InChI=1S/C27H23BrClN3O4/c1-2-18-5-3-4-6-22(18)30-25(33)15-32-26(34)23(31-27(32)35)14-19-13-20(28)9-12-24(19)36-16-17-7-10-21(29)11-8-17/h3-14H,2,15-16H2,1H3,(H,30,33)(H,31,35)/b23-14+. The molecule has 1 aliphatic heterocycles. The van der Waals surface area contributed by atoms with Crippen molar-refractivity contribution in [3.8, 4) is 5.75 Å². The maximum Gasteiger partial charge on any atom is 0.329 e. The molecule has 36 heavy (non-hydrogen) atoms. The van der Waals surface area contributed by atoms with Crippen LogP contribution in [0.5, 0.6) is 5.75 Å². The normalized spacial score (nSPS) is 14.2. The van der Waals surface area contributed by atoms with Gasteiger partial charge in [0.25, 0.3) is 5.91 Å². The van der Waals surface area contributed by atoms with Gasteiger partial charge in [-0.05, 0) is 60.0 Å². The van der Waals surface area contributed by atoms with Crippen molar-refractivity contribution >= 4 is 57.1 Å². The van der Waals surface area contributed by atoms with Crippen LogP contribution in [-0.4, -0.2) is 29.3 Å². The summed E-state index contributed by atoms with van der Waals surface area (Å²) in [4.78, 5) is 38.9. The number of carbonyl (C=O) groups excluding carboxylic acids is 3. The summed E-state index contributed by atoms with van der Waals surface area (Å²) in [6, 6.07) is 19.4. The molecule has 9 heteroatoms. The maximum atomic E-state index is 13.0. The van der Waals surface area contributed by atoms with Crippen molar-refractivity contribution < 1.29 is 19.1 Å². The summed E-state index contributed by atoms with van der Waals surface area (Å²) in [5.74, 6) is -0.535. The van der Waals surface area contributed by atoms with E-state index in [1.165, 1.54) is 6.08 Å². The van der Waals surface area contributed by atoms with Crippen molar-refractivity contribution in [2.24, 2.45) is 0 Å². The molecule has 0 spiro atoms. The number of carbonyl (C=O) groups is 3. The first-order valence-corrected chi connectivity index (χ1v) is 12.4. The summed E-state index contributed by atoms with van der Waals surface area (Å²) in [5.41, 5.74) is 3.18. The summed E-state index contributed by atoms with van der Waals surface area (Å²) in [7, 11) is 0. The molecular formula is C27H23BrClN3O4. The Morgan fingerprint density at radius 3 is 2.61 bits per heavy atom. The fourth-order valence-corrected chi connectivity index (χ4v) is 4.16. The third kappa shape index (κ3) is 6.13. The average molecular weight is 569 g/mol. The average Bonchev–Trinajstić information content (AvgIpc) is 3.12. The zero-order valence-corrected chi connectivity index (χ0v) is 21.7. The lowest BCUT2D eigenvalue weighted by molar-refractivity contribution is -0.127. The molecule has 1 fully saturated rings.